The molecule has 0 spiro atoms. The third-order valence-corrected chi connectivity index (χ3v) is 3.21. The van der Waals surface area contributed by atoms with E-state index in [1.165, 1.54) is 38.4 Å². The zero-order chi connectivity index (χ0) is 7.40. The van der Waals surface area contributed by atoms with E-state index in [4.69, 9.17) is 0 Å². The first kappa shape index (κ1) is 8.51. The molecule has 10 heavy (non-hydrogen) atoms. The normalized spacial score (nSPS) is 34.1. The van der Waals surface area contributed by atoms with Crippen LogP contribution in [0.15, 0.2) is 0 Å². The minimum atomic E-state index is 0.716. The predicted molar refractivity (Wildman–Crippen MR) is 52.7 cm³/mol. The molecule has 0 aromatic rings. The van der Waals surface area contributed by atoms with Gasteiger partial charge in [-0.1, -0.05) is 25.6 Å². The van der Waals surface area contributed by atoms with E-state index in [9.17, 15) is 0 Å². The van der Waals surface area contributed by atoms with E-state index >= 15 is 0 Å². The lowest BCUT2D eigenvalue weighted by atomic mass is 9.82. The molecular formula is C8H17BS. The number of rotatable bonds is 2. The van der Waals surface area contributed by atoms with Gasteiger partial charge in [0.05, 0.1) is 0 Å². The van der Waals surface area contributed by atoms with Crippen molar-refractivity contribution < 1.29 is 0 Å². The minimum absolute atomic E-state index is 0.716. The summed E-state index contributed by atoms with van der Waals surface area (Å²) in [5, 5.41) is 0.716. The summed E-state index contributed by atoms with van der Waals surface area (Å²) in [5.74, 6) is 0.932. The molecule has 0 aromatic heterocycles. The molecule has 2 unspecified atom stereocenters. The molecular weight excluding hydrogens is 139 g/mol. The summed E-state index contributed by atoms with van der Waals surface area (Å²) in [6.45, 7) is 0. The lowest BCUT2D eigenvalue weighted by Gasteiger charge is -2.27. The van der Waals surface area contributed by atoms with Gasteiger partial charge < -0.3 is 0 Å². The van der Waals surface area contributed by atoms with Crippen LogP contribution in [-0.4, -0.2) is 13.1 Å². The molecule has 0 nitrogen and oxygen atoms in total. The fourth-order valence-corrected chi connectivity index (χ4v) is 2.38. The highest BCUT2D eigenvalue weighted by atomic mass is 32.1. The second-order valence-corrected chi connectivity index (χ2v) is 4.06. The van der Waals surface area contributed by atoms with Gasteiger partial charge in [-0.05, 0) is 18.8 Å². The van der Waals surface area contributed by atoms with Crippen molar-refractivity contribution in [1.82, 2.24) is 0 Å². The molecule has 2 atom stereocenters. The third kappa shape index (κ3) is 2.23. The van der Waals surface area contributed by atoms with E-state index in [-0.39, 0.29) is 0 Å². The lowest BCUT2D eigenvalue weighted by Crippen LogP contribution is -2.19. The number of thiol groups is 1. The summed E-state index contributed by atoms with van der Waals surface area (Å²) < 4.78 is 0. The second kappa shape index (κ2) is 4.33. The molecule has 0 heterocycles. The van der Waals surface area contributed by atoms with E-state index in [0.717, 1.165) is 5.92 Å². The Morgan fingerprint density at radius 1 is 1.30 bits per heavy atom. The summed E-state index contributed by atoms with van der Waals surface area (Å²) in [5.41, 5.74) is 0. The maximum Gasteiger partial charge on any atom is 0.101 e. The zero-order valence-electron chi connectivity index (χ0n) is 6.84. The fourth-order valence-electron chi connectivity index (χ4n) is 1.90. The van der Waals surface area contributed by atoms with E-state index in [1.807, 2.05) is 0 Å². The molecule has 1 aliphatic carbocycles. The maximum atomic E-state index is 4.59. The Bertz CT molecular complexity index is 93.3. The lowest BCUT2D eigenvalue weighted by molar-refractivity contribution is 0.363. The molecule has 58 valence electrons. The van der Waals surface area contributed by atoms with Crippen molar-refractivity contribution in [2.75, 3.05) is 0 Å². The summed E-state index contributed by atoms with van der Waals surface area (Å²) in [6.07, 6.45) is 8.38. The monoisotopic (exact) mass is 156 g/mol. The SMILES string of the molecule is BCCC1CCCCC1S. The first-order chi connectivity index (χ1) is 4.84. The summed E-state index contributed by atoms with van der Waals surface area (Å²) in [7, 11) is 2.27. The average molecular weight is 156 g/mol. The van der Waals surface area contributed by atoms with E-state index < -0.39 is 0 Å². The first-order valence-electron chi connectivity index (χ1n) is 4.52. The van der Waals surface area contributed by atoms with Crippen LogP contribution in [0.4, 0.5) is 0 Å². The van der Waals surface area contributed by atoms with Gasteiger partial charge in [0.1, 0.15) is 7.85 Å². The summed E-state index contributed by atoms with van der Waals surface area (Å²) in [4.78, 5) is 0. The highest BCUT2D eigenvalue weighted by Gasteiger charge is 2.20. The van der Waals surface area contributed by atoms with Gasteiger partial charge in [0.2, 0.25) is 0 Å². The number of hydrogen-bond acceptors (Lipinski definition) is 1. The first-order valence-corrected chi connectivity index (χ1v) is 5.04. The molecule has 0 N–H and O–H groups in total. The highest BCUT2D eigenvalue weighted by molar-refractivity contribution is 7.81. The van der Waals surface area contributed by atoms with Crippen molar-refractivity contribution in [2.45, 2.75) is 43.7 Å². The minimum Gasteiger partial charge on any atom is -0.176 e. The number of hydrogen-bond donors (Lipinski definition) is 1. The highest BCUT2D eigenvalue weighted by Crippen LogP contribution is 2.31. The van der Waals surface area contributed by atoms with Crippen LogP contribution in [-0.2, 0) is 0 Å². The van der Waals surface area contributed by atoms with Gasteiger partial charge in [-0.3, -0.25) is 0 Å². The predicted octanol–water partition coefficient (Wildman–Crippen LogP) is 1.92. The Morgan fingerprint density at radius 2 is 2.00 bits per heavy atom. The van der Waals surface area contributed by atoms with Crippen LogP contribution in [0.3, 0.4) is 0 Å². The van der Waals surface area contributed by atoms with Gasteiger partial charge in [0.15, 0.2) is 0 Å². The van der Waals surface area contributed by atoms with E-state index in [0.29, 0.717) is 5.25 Å². The molecule has 0 aromatic carbocycles. The van der Waals surface area contributed by atoms with Crippen LogP contribution in [0.2, 0.25) is 6.32 Å². The molecule has 2 heteroatoms. The molecule has 1 saturated carbocycles. The smallest absolute Gasteiger partial charge is 0.101 e. The van der Waals surface area contributed by atoms with Crippen molar-refractivity contribution in [1.29, 1.82) is 0 Å². The van der Waals surface area contributed by atoms with Gasteiger partial charge in [-0.2, -0.15) is 12.6 Å². The van der Waals surface area contributed by atoms with Crippen molar-refractivity contribution >= 4 is 20.5 Å². The molecule has 1 rings (SSSR count). The van der Waals surface area contributed by atoms with Gasteiger partial charge in [-0.15, -0.1) is 0 Å². The average Bonchev–Trinajstić information content (AvgIpc) is 1.94. The Kier molecular flexibility index (Phi) is 3.68. The van der Waals surface area contributed by atoms with Crippen LogP contribution < -0.4 is 0 Å². The van der Waals surface area contributed by atoms with Crippen LogP contribution in [0.5, 0.6) is 0 Å². The van der Waals surface area contributed by atoms with Crippen molar-refractivity contribution in [3.05, 3.63) is 0 Å². The maximum absolute atomic E-state index is 4.59. The Hall–Kier alpha value is 0.415. The Labute approximate surface area is 70.6 Å². The van der Waals surface area contributed by atoms with Crippen molar-refractivity contribution in [2.24, 2.45) is 5.92 Å². The van der Waals surface area contributed by atoms with E-state index in [1.54, 1.807) is 0 Å². The van der Waals surface area contributed by atoms with Crippen molar-refractivity contribution in [3.8, 4) is 0 Å². The largest absolute Gasteiger partial charge is 0.176 e. The van der Waals surface area contributed by atoms with Crippen LogP contribution in [0.1, 0.15) is 32.1 Å². The Morgan fingerprint density at radius 3 is 2.60 bits per heavy atom. The van der Waals surface area contributed by atoms with Crippen molar-refractivity contribution in [3.63, 3.8) is 0 Å². The van der Waals surface area contributed by atoms with Crippen LogP contribution in [0.25, 0.3) is 0 Å². The third-order valence-electron chi connectivity index (χ3n) is 2.53. The van der Waals surface area contributed by atoms with Gasteiger partial charge in [0.25, 0.3) is 0 Å². The molecule has 1 fully saturated rings. The topological polar surface area (TPSA) is 0 Å². The zero-order valence-corrected chi connectivity index (χ0v) is 7.74. The fraction of sp³-hybridized carbons (Fsp3) is 1.00. The molecule has 1 aliphatic rings. The second-order valence-electron chi connectivity index (χ2n) is 3.40. The Balaban J connectivity index is 2.25. The van der Waals surface area contributed by atoms with Crippen LogP contribution >= 0.6 is 12.6 Å². The molecule has 0 bridgehead atoms. The van der Waals surface area contributed by atoms with E-state index in [2.05, 4.69) is 20.5 Å². The van der Waals surface area contributed by atoms with Crippen LogP contribution in [0, 0.1) is 5.92 Å². The molecule has 0 amide bonds. The van der Waals surface area contributed by atoms with Gasteiger partial charge in [-0.25, -0.2) is 0 Å². The molecule has 0 aliphatic heterocycles. The quantitative estimate of drug-likeness (QED) is 0.458. The van der Waals surface area contributed by atoms with Gasteiger partial charge in [0, 0.05) is 5.25 Å². The molecule has 0 radical (unpaired) electrons. The summed E-state index contributed by atoms with van der Waals surface area (Å²) >= 11 is 4.59. The summed E-state index contributed by atoms with van der Waals surface area (Å²) in [6, 6.07) is 0. The standard InChI is InChI=1S/C8H17BS/c9-6-5-7-3-1-2-4-8(7)10/h7-8,10H,1-6,9H2. The molecule has 0 saturated heterocycles. The van der Waals surface area contributed by atoms with Gasteiger partial charge >= 0.3 is 0 Å².